The summed E-state index contributed by atoms with van der Waals surface area (Å²) in [6.07, 6.45) is 0.870. The van der Waals surface area contributed by atoms with Crippen molar-refractivity contribution in [2.75, 3.05) is 6.61 Å². The number of hydrogen-bond donors (Lipinski definition) is 0. The topological polar surface area (TPSA) is 46.8 Å². The van der Waals surface area contributed by atoms with Crippen molar-refractivity contribution in [3.05, 3.63) is 94.8 Å². The van der Waals surface area contributed by atoms with E-state index < -0.39 is 0 Å². The van der Waals surface area contributed by atoms with Crippen LogP contribution in [0.3, 0.4) is 0 Å². The molecule has 1 aliphatic rings. The summed E-state index contributed by atoms with van der Waals surface area (Å²) in [5.74, 6) is 1.42. The second-order valence-electron chi connectivity index (χ2n) is 9.34. The molecule has 1 aliphatic heterocycles. The Morgan fingerprint density at radius 1 is 0.944 bits per heavy atom. The second-order valence-corrected chi connectivity index (χ2v) is 11.2. The minimum atomic E-state index is 0.120. The number of rotatable bonds is 7. The third-order valence-electron chi connectivity index (χ3n) is 5.99. The summed E-state index contributed by atoms with van der Waals surface area (Å²) >= 11 is 0.194. The van der Waals surface area contributed by atoms with Gasteiger partial charge in [0.15, 0.2) is 0 Å². The Balaban J connectivity index is 0.00000115. The number of nitrogens with zero attached hydrogens (tertiary/aromatic N) is 3. The third kappa shape index (κ3) is 7.66. The summed E-state index contributed by atoms with van der Waals surface area (Å²) in [6, 6.07) is 23.0. The van der Waals surface area contributed by atoms with E-state index in [1.54, 1.807) is 0 Å². The maximum absolute atomic E-state index is 5.93. The number of aliphatic imine (C=N–C) groups is 2. The van der Waals surface area contributed by atoms with Gasteiger partial charge >= 0.3 is 33.3 Å². The Morgan fingerprint density at radius 3 is 2.17 bits per heavy atom. The molecule has 0 saturated heterocycles. The molecule has 2 aromatic carbocycles. The average Bonchev–Trinajstić information content (AvgIpc) is 3.33. The van der Waals surface area contributed by atoms with Crippen LogP contribution in [0, 0.1) is 0 Å². The standard InChI is InChI=1S/C29H33N3O.2ClH.Fe/c1-19(2)24-13-9-14-25(20(3)4)28(24)30-21(5)26-15-10-16-27(32-26)29-31-23(18-33-29)17-22-11-7-6-8-12-22;;;/h6-16,19-20,23H,17-18H2,1-5H3;2*1H;/q;;;+2/p-2/t23-;;;/m0.../s1. The normalized spacial score (nSPS) is 15.5. The van der Waals surface area contributed by atoms with E-state index in [0.29, 0.717) is 24.3 Å². The first kappa shape index (κ1) is 28.4. The maximum atomic E-state index is 5.93. The summed E-state index contributed by atoms with van der Waals surface area (Å²) in [5, 5.41) is 0. The first-order valence-corrected chi connectivity index (χ1v) is 15.1. The van der Waals surface area contributed by atoms with Crippen molar-refractivity contribution in [2.45, 2.75) is 58.9 Å². The van der Waals surface area contributed by atoms with Gasteiger partial charge < -0.3 is 4.74 Å². The Morgan fingerprint density at radius 2 is 1.56 bits per heavy atom. The molecule has 7 heteroatoms. The summed E-state index contributed by atoms with van der Waals surface area (Å²) in [6.45, 7) is 11.5. The van der Waals surface area contributed by atoms with Crippen LogP contribution in [0.1, 0.15) is 74.5 Å². The van der Waals surface area contributed by atoms with Gasteiger partial charge in [0.2, 0.25) is 5.90 Å². The molecule has 0 amide bonds. The third-order valence-corrected chi connectivity index (χ3v) is 5.99. The molecule has 2 heterocycles. The Hall–Kier alpha value is -2.17. The van der Waals surface area contributed by atoms with Crippen LogP contribution in [0.15, 0.2) is 76.7 Å². The minimum absolute atomic E-state index is 0.120. The molecule has 3 aromatic rings. The van der Waals surface area contributed by atoms with Crippen LogP contribution in [0.2, 0.25) is 0 Å². The molecule has 0 radical (unpaired) electrons. The number of ether oxygens (including phenoxy) is 1. The van der Waals surface area contributed by atoms with Crippen LogP contribution in [-0.4, -0.2) is 29.2 Å². The van der Waals surface area contributed by atoms with Crippen LogP contribution in [0.5, 0.6) is 0 Å². The van der Waals surface area contributed by atoms with Crippen LogP contribution in [0.4, 0.5) is 5.69 Å². The number of aromatic nitrogens is 1. The quantitative estimate of drug-likeness (QED) is 0.214. The molecule has 0 saturated carbocycles. The predicted molar refractivity (Wildman–Crippen MR) is 149 cm³/mol. The molecular formula is C29H33Cl2FeN3O. The molecule has 1 atom stereocenters. The average molecular weight is 566 g/mol. The van der Waals surface area contributed by atoms with Gasteiger partial charge in [0, 0.05) is 0 Å². The fraction of sp³-hybridized carbons (Fsp3) is 0.345. The zero-order valence-electron chi connectivity index (χ0n) is 21.4. The van der Waals surface area contributed by atoms with E-state index in [1.165, 1.54) is 16.7 Å². The second kappa shape index (κ2) is 13.9. The van der Waals surface area contributed by atoms with Gasteiger partial charge in [-0.1, -0.05) is 82.3 Å². The first-order valence-electron chi connectivity index (χ1n) is 12.1. The molecule has 1 aromatic heterocycles. The zero-order chi connectivity index (χ0) is 26.1. The van der Waals surface area contributed by atoms with Gasteiger partial charge in [-0.2, -0.15) is 0 Å². The zero-order valence-corrected chi connectivity index (χ0v) is 24.0. The van der Waals surface area contributed by atoms with Crippen molar-refractivity contribution in [1.29, 1.82) is 0 Å². The molecule has 0 unspecified atom stereocenters. The van der Waals surface area contributed by atoms with Crippen LogP contribution < -0.4 is 0 Å². The number of pyridine rings is 1. The van der Waals surface area contributed by atoms with Crippen LogP contribution in [0.25, 0.3) is 0 Å². The van der Waals surface area contributed by atoms with Crippen molar-refractivity contribution in [3.63, 3.8) is 0 Å². The monoisotopic (exact) mass is 565 g/mol. The molecule has 192 valence electrons. The molecule has 0 fully saturated rings. The molecule has 4 nitrogen and oxygen atoms in total. The molecular weight excluding hydrogens is 533 g/mol. The molecule has 36 heavy (non-hydrogen) atoms. The summed E-state index contributed by atoms with van der Waals surface area (Å²) in [5.41, 5.74) is 7.38. The summed E-state index contributed by atoms with van der Waals surface area (Å²) in [4.78, 5) is 14.7. The molecule has 0 spiro atoms. The van der Waals surface area contributed by atoms with Crippen molar-refractivity contribution >= 4 is 37.5 Å². The fourth-order valence-corrected chi connectivity index (χ4v) is 4.17. The van der Waals surface area contributed by atoms with E-state index in [0.717, 1.165) is 29.2 Å². The van der Waals surface area contributed by atoms with Crippen molar-refractivity contribution in [3.8, 4) is 0 Å². The van der Waals surface area contributed by atoms with Gasteiger partial charge in [-0.25, -0.2) is 9.98 Å². The molecule has 4 rings (SSSR count). The van der Waals surface area contributed by atoms with Gasteiger partial charge in [-0.3, -0.25) is 4.99 Å². The van der Waals surface area contributed by atoms with E-state index in [1.807, 2.05) is 31.2 Å². The molecule has 0 N–H and O–H groups in total. The summed E-state index contributed by atoms with van der Waals surface area (Å²) < 4.78 is 5.93. The van der Waals surface area contributed by atoms with Gasteiger partial charge in [0.05, 0.1) is 23.1 Å². The van der Waals surface area contributed by atoms with Crippen molar-refractivity contribution in [1.82, 2.24) is 4.98 Å². The predicted octanol–water partition coefficient (Wildman–Crippen LogP) is 8.23. The SMILES string of the molecule is CC(=Nc1c(C(C)C)cccc1C(C)C)c1cccc(C2=N[C@@H](Cc3ccccc3)CO2)n1.[Cl][Fe][Cl]. The van der Waals surface area contributed by atoms with E-state index in [4.69, 9.17) is 39.9 Å². The number of para-hydroxylation sites is 1. The molecule has 0 aliphatic carbocycles. The van der Waals surface area contributed by atoms with E-state index >= 15 is 0 Å². The van der Waals surface area contributed by atoms with E-state index in [9.17, 15) is 0 Å². The number of benzene rings is 2. The Bertz CT molecular complexity index is 1170. The van der Waals surface area contributed by atoms with Gasteiger partial charge in [0.1, 0.15) is 12.3 Å². The van der Waals surface area contributed by atoms with E-state index in [-0.39, 0.29) is 19.2 Å². The number of halogens is 2. The van der Waals surface area contributed by atoms with E-state index in [2.05, 4.69) is 70.2 Å². The Kier molecular flexibility index (Phi) is 11.0. The van der Waals surface area contributed by atoms with Gasteiger partial charge in [-0.05, 0) is 54.0 Å². The fourth-order valence-electron chi connectivity index (χ4n) is 4.17. The van der Waals surface area contributed by atoms with Crippen LogP contribution >= 0.6 is 20.2 Å². The molecule has 0 bridgehead atoms. The first-order chi connectivity index (χ1) is 17.3. The van der Waals surface area contributed by atoms with Crippen molar-refractivity contribution < 1.29 is 17.9 Å². The Labute approximate surface area is 229 Å². The van der Waals surface area contributed by atoms with Gasteiger partial charge in [0.25, 0.3) is 0 Å². The van der Waals surface area contributed by atoms with Gasteiger partial charge in [-0.15, -0.1) is 0 Å². The summed E-state index contributed by atoms with van der Waals surface area (Å²) in [7, 11) is 9.53. The van der Waals surface area contributed by atoms with Crippen LogP contribution in [-0.2, 0) is 24.3 Å². The number of hydrogen-bond acceptors (Lipinski definition) is 4. The van der Waals surface area contributed by atoms with Crippen molar-refractivity contribution in [2.24, 2.45) is 9.98 Å².